The third-order valence-electron chi connectivity index (χ3n) is 3.79. The first-order valence-corrected chi connectivity index (χ1v) is 11.4. The Labute approximate surface area is 176 Å². The summed E-state index contributed by atoms with van der Waals surface area (Å²) in [6, 6.07) is 13.2. The van der Waals surface area contributed by atoms with Gasteiger partial charge in [-0.2, -0.15) is 0 Å². The van der Waals surface area contributed by atoms with E-state index in [-0.39, 0.29) is 21.4 Å². The maximum atomic E-state index is 12.9. The molecule has 0 atom stereocenters. The summed E-state index contributed by atoms with van der Waals surface area (Å²) in [4.78, 5) is 29.9. The monoisotopic (exact) mass is 449 g/mol. The molecule has 1 amide bonds. The molecule has 0 aliphatic rings. The molecule has 0 fully saturated rings. The lowest BCUT2D eigenvalue weighted by atomic mass is 10.0. The lowest BCUT2D eigenvalue weighted by Gasteiger charge is -2.11. The number of hydrogen-bond donors (Lipinski definition) is 2. The predicted octanol–water partition coefficient (Wildman–Crippen LogP) is 3.96. The first kappa shape index (κ1) is 21.0. The molecule has 0 spiro atoms. The van der Waals surface area contributed by atoms with E-state index in [4.69, 9.17) is 11.6 Å². The highest BCUT2D eigenvalue weighted by Gasteiger charge is 2.20. The van der Waals surface area contributed by atoms with Gasteiger partial charge in [0.2, 0.25) is 10.0 Å². The Morgan fingerprint density at radius 2 is 1.79 bits per heavy atom. The number of aryl methyl sites for hydroxylation is 1. The highest BCUT2D eigenvalue weighted by atomic mass is 35.5. The second kappa shape index (κ2) is 8.32. The molecule has 10 heteroatoms. The third kappa shape index (κ3) is 5.20. The number of amides is 1. The maximum Gasteiger partial charge on any atom is 0.267 e. The molecule has 0 aliphatic heterocycles. The Kier molecular flexibility index (Phi) is 6.02. The number of sulfonamides is 1. The van der Waals surface area contributed by atoms with Crippen molar-refractivity contribution in [2.24, 2.45) is 0 Å². The van der Waals surface area contributed by atoms with Crippen LogP contribution in [-0.4, -0.2) is 31.3 Å². The number of benzene rings is 2. The van der Waals surface area contributed by atoms with Gasteiger partial charge in [0.1, 0.15) is 4.88 Å². The van der Waals surface area contributed by atoms with E-state index < -0.39 is 15.9 Å². The SMILES string of the molecule is Cc1nc(NS(C)(=O)=O)sc1C(=O)Nc1ccc(Cl)cc1C(=O)c1ccccc1. The fourth-order valence-corrected chi connectivity index (χ4v) is 4.42. The normalized spacial score (nSPS) is 11.1. The van der Waals surface area contributed by atoms with E-state index in [2.05, 4.69) is 15.0 Å². The molecule has 0 radical (unpaired) electrons. The van der Waals surface area contributed by atoms with Gasteiger partial charge >= 0.3 is 0 Å². The smallest absolute Gasteiger partial charge is 0.267 e. The van der Waals surface area contributed by atoms with Crippen LogP contribution in [0.1, 0.15) is 31.3 Å². The minimum absolute atomic E-state index is 0.0897. The summed E-state index contributed by atoms with van der Waals surface area (Å²) < 4.78 is 25.0. The Balaban J connectivity index is 1.91. The number of nitrogens with zero attached hydrogens (tertiary/aromatic N) is 1. The Morgan fingerprint density at radius 3 is 2.45 bits per heavy atom. The van der Waals surface area contributed by atoms with E-state index in [9.17, 15) is 18.0 Å². The Morgan fingerprint density at radius 1 is 1.10 bits per heavy atom. The number of aromatic nitrogens is 1. The van der Waals surface area contributed by atoms with Gasteiger partial charge in [-0.15, -0.1) is 0 Å². The Hall–Kier alpha value is -2.75. The molecule has 0 bridgehead atoms. The molecule has 0 saturated heterocycles. The fraction of sp³-hybridized carbons (Fsp3) is 0.105. The van der Waals surface area contributed by atoms with Crippen LogP contribution in [0.5, 0.6) is 0 Å². The summed E-state index contributed by atoms with van der Waals surface area (Å²) >= 11 is 6.96. The number of carbonyl (C=O) groups is 2. The number of thiazole rings is 1. The van der Waals surface area contributed by atoms with Crippen molar-refractivity contribution in [3.63, 3.8) is 0 Å². The van der Waals surface area contributed by atoms with Crippen LogP contribution < -0.4 is 10.0 Å². The highest BCUT2D eigenvalue weighted by molar-refractivity contribution is 7.92. The van der Waals surface area contributed by atoms with Crippen LogP contribution in [0.3, 0.4) is 0 Å². The lowest BCUT2D eigenvalue weighted by molar-refractivity contribution is 0.102. The zero-order valence-electron chi connectivity index (χ0n) is 15.4. The molecule has 3 rings (SSSR count). The lowest BCUT2D eigenvalue weighted by Crippen LogP contribution is -2.15. The van der Waals surface area contributed by atoms with E-state index in [0.29, 0.717) is 22.0 Å². The van der Waals surface area contributed by atoms with Gasteiger partial charge in [-0.3, -0.25) is 14.3 Å². The van der Waals surface area contributed by atoms with Gasteiger partial charge < -0.3 is 5.32 Å². The summed E-state index contributed by atoms with van der Waals surface area (Å²) in [5, 5.41) is 3.14. The molecule has 2 aromatic carbocycles. The summed E-state index contributed by atoms with van der Waals surface area (Å²) in [5.41, 5.74) is 1.36. The van der Waals surface area contributed by atoms with E-state index in [1.54, 1.807) is 49.4 Å². The first-order valence-electron chi connectivity index (χ1n) is 8.30. The average molecular weight is 450 g/mol. The molecule has 150 valence electrons. The molecular formula is C19H16ClN3O4S2. The minimum atomic E-state index is -3.51. The number of rotatable bonds is 6. The first-order chi connectivity index (χ1) is 13.6. The number of hydrogen-bond acceptors (Lipinski definition) is 6. The molecule has 0 saturated carbocycles. The van der Waals surface area contributed by atoms with Crippen LogP contribution in [0, 0.1) is 6.92 Å². The molecule has 1 aromatic heterocycles. The summed E-state index contributed by atoms with van der Waals surface area (Å²) in [6.07, 6.45) is 0.999. The van der Waals surface area contributed by atoms with E-state index in [1.165, 1.54) is 6.07 Å². The van der Waals surface area contributed by atoms with Gasteiger partial charge in [0.05, 0.1) is 17.6 Å². The average Bonchev–Trinajstić information content (AvgIpc) is 3.01. The topological polar surface area (TPSA) is 105 Å². The minimum Gasteiger partial charge on any atom is -0.321 e. The molecule has 0 unspecified atom stereocenters. The van der Waals surface area contributed by atoms with Crippen molar-refractivity contribution in [1.29, 1.82) is 0 Å². The number of nitrogens with one attached hydrogen (secondary N) is 2. The quantitative estimate of drug-likeness (QED) is 0.554. The molecule has 7 nitrogen and oxygen atoms in total. The molecule has 1 heterocycles. The molecular weight excluding hydrogens is 434 g/mol. The second-order valence-corrected chi connectivity index (χ2v) is 9.33. The van der Waals surface area contributed by atoms with Crippen molar-refractivity contribution in [1.82, 2.24) is 4.98 Å². The van der Waals surface area contributed by atoms with E-state index in [0.717, 1.165) is 17.6 Å². The van der Waals surface area contributed by atoms with Gasteiger partial charge in [-0.05, 0) is 25.1 Å². The molecule has 0 aliphatic carbocycles. The number of halogens is 1. The number of carbonyl (C=O) groups excluding carboxylic acids is 2. The van der Waals surface area contributed by atoms with Gasteiger partial charge in [-0.25, -0.2) is 13.4 Å². The molecule has 2 N–H and O–H groups in total. The van der Waals surface area contributed by atoms with Crippen molar-refractivity contribution in [2.75, 3.05) is 16.3 Å². The van der Waals surface area contributed by atoms with Crippen molar-refractivity contribution in [3.8, 4) is 0 Å². The highest BCUT2D eigenvalue weighted by Crippen LogP contribution is 2.27. The largest absolute Gasteiger partial charge is 0.321 e. The predicted molar refractivity (Wildman–Crippen MR) is 115 cm³/mol. The zero-order valence-corrected chi connectivity index (χ0v) is 17.8. The van der Waals surface area contributed by atoms with Crippen molar-refractivity contribution in [2.45, 2.75) is 6.92 Å². The zero-order chi connectivity index (χ0) is 21.2. The number of anilines is 2. The van der Waals surface area contributed by atoms with Gasteiger partial charge in [0, 0.05) is 16.1 Å². The van der Waals surface area contributed by atoms with Crippen LogP contribution in [0.15, 0.2) is 48.5 Å². The van der Waals surface area contributed by atoms with Crippen LogP contribution in [0.25, 0.3) is 0 Å². The van der Waals surface area contributed by atoms with Crippen molar-refractivity contribution in [3.05, 3.63) is 75.3 Å². The van der Waals surface area contributed by atoms with Gasteiger partial charge in [-0.1, -0.05) is 53.3 Å². The van der Waals surface area contributed by atoms with Crippen LogP contribution in [0.4, 0.5) is 10.8 Å². The van der Waals surface area contributed by atoms with Crippen molar-refractivity contribution < 1.29 is 18.0 Å². The summed E-state index contributed by atoms with van der Waals surface area (Å²) in [5.74, 6) is -0.796. The Bertz CT molecular complexity index is 1190. The summed E-state index contributed by atoms with van der Waals surface area (Å²) in [6.45, 7) is 1.59. The number of ketones is 1. The fourth-order valence-electron chi connectivity index (χ4n) is 2.55. The third-order valence-corrected chi connectivity index (χ3v) is 5.79. The van der Waals surface area contributed by atoms with E-state index in [1.807, 2.05) is 0 Å². The molecule has 3 aromatic rings. The van der Waals surface area contributed by atoms with Crippen molar-refractivity contribution >= 4 is 55.5 Å². The van der Waals surface area contributed by atoms with Crippen LogP contribution in [0.2, 0.25) is 5.02 Å². The molecule has 29 heavy (non-hydrogen) atoms. The van der Waals surface area contributed by atoms with Gasteiger partial charge in [0.25, 0.3) is 5.91 Å². The van der Waals surface area contributed by atoms with Crippen LogP contribution >= 0.6 is 22.9 Å². The van der Waals surface area contributed by atoms with Crippen LogP contribution in [-0.2, 0) is 10.0 Å². The summed E-state index contributed by atoms with van der Waals surface area (Å²) in [7, 11) is -3.51. The second-order valence-electron chi connectivity index (χ2n) is 6.15. The van der Waals surface area contributed by atoms with Gasteiger partial charge in [0.15, 0.2) is 10.9 Å². The maximum absolute atomic E-state index is 12.9. The standard InChI is InChI=1S/C19H16ClN3O4S2/c1-11-17(28-19(21-11)23-29(2,26)27)18(25)22-15-9-8-13(20)10-14(15)16(24)12-6-4-3-5-7-12/h3-10H,1-2H3,(H,21,23)(H,22,25). The van der Waals surface area contributed by atoms with E-state index >= 15 is 0 Å².